The van der Waals surface area contributed by atoms with Crippen molar-refractivity contribution in [2.45, 2.75) is 19.3 Å². The summed E-state index contributed by atoms with van der Waals surface area (Å²) in [7, 11) is 0. The third-order valence-electron chi connectivity index (χ3n) is 7.33. The fourth-order valence-electron chi connectivity index (χ4n) is 5.88. The molecule has 0 saturated carbocycles. The Kier molecular flexibility index (Phi) is 3.40. The van der Waals surface area contributed by atoms with E-state index >= 15 is 0 Å². The lowest BCUT2D eigenvalue weighted by molar-refractivity contribution is 0.666. The summed E-state index contributed by atoms with van der Waals surface area (Å²) in [5, 5.41) is 6.49. The Balaban J connectivity index is 1.72. The van der Waals surface area contributed by atoms with E-state index in [4.69, 9.17) is 0 Å². The maximum Gasteiger partial charge on any atom is 0.0616 e. The van der Waals surface area contributed by atoms with Gasteiger partial charge in [-0.05, 0) is 39.4 Å². The van der Waals surface area contributed by atoms with Crippen molar-refractivity contribution >= 4 is 32.4 Å². The zero-order valence-electron chi connectivity index (χ0n) is 18.3. The first kappa shape index (κ1) is 17.8. The van der Waals surface area contributed by atoms with Crippen LogP contribution in [0.2, 0.25) is 0 Å². The molecule has 0 bridgehead atoms. The molecule has 0 N–H and O–H groups in total. The van der Waals surface area contributed by atoms with Crippen LogP contribution in [0.3, 0.4) is 0 Å². The summed E-state index contributed by atoms with van der Waals surface area (Å²) in [6, 6.07) is 37.8. The van der Waals surface area contributed by atoms with Crippen LogP contribution in [0.25, 0.3) is 49.4 Å². The van der Waals surface area contributed by atoms with Crippen LogP contribution in [0.15, 0.2) is 103 Å². The molecular formula is C31H23N. The van der Waals surface area contributed by atoms with Crippen LogP contribution in [0, 0.1) is 0 Å². The number of hydrogen-bond donors (Lipinski definition) is 0. The van der Waals surface area contributed by atoms with Crippen molar-refractivity contribution in [3.05, 3.63) is 114 Å². The molecule has 0 saturated heterocycles. The maximum atomic E-state index is 2.52. The van der Waals surface area contributed by atoms with Crippen LogP contribution < -0.4 is 0 Å². The molecule has 0 unspecified atom stereocenters. The van der Waals surface area contributed by atoms with Crippen molar-refractivity contribution in [3.63, 3.8) is 0 Å². The van der Waals surface area contributed by atoms with Gasteiger partial charge in [-0.15, -0.1) is 0 Å². The van der Waals surface area contributed by atoms with Crippen molar-refractivity contribution in [1.82, 2.24) is 4.57 Å². The molecule has 1 nitrogen and oxygen atoms in total. The van der Waals surface area contributed by atoms with Crippen molar-refractivity contribution in [3.8, 4) is 16.9 Å². The van der Waals surface area contributed by atoms with Crippen molar-refractivity contribution in [2.24, 2.45) is 0 Å². The van der Waals surface area contributed by atoms with Crippen LogP contribution >= 0.6 is 0 Å². The summed E-state index contributed by atoms with van der Waals surface area (Å²) in [5.41, 5.74) is 8.02. The molecule has 152 valence electrons. The van der Waals surface area contributed by atoms with Crippen molar-refractivity contribution < 1.29 is 0 Å². The summed E-state index contributed by atoms with van der Waals surface area (Å²) < 4.78 is 2.52. The molecular weight excluding hydrogens is 386 g/mol. The first-order chi connectivity index (χ1) is 15.6. The van der Waals surface area contributed by atoms with Gasteiger partial charge >= 0.3 is 0 Å². The molecule has 0 amide bonds. The largest absolute Gasteiger partial charge is 0.308 e. The quantitative estimate of drug-likeness (QED) is 0.258. The number of hydrogen-bond acceptors (Lipinski definition) is 0. The number of aromatic nitrogens is 1. The molecule has 1 aliphatic carbocycles. The fourth-order valence-corrected chi connectivity index (χ4v) is 5.88. The molecule has 7 rings (SSSR count). The van der Waals surface area contributed by atoms with E-state index < -0.39 is 0 Å². The number of benzene rings is 5. The molecule has 0 aliphatic heterocycles. The highest BCUT2D eigenvalue weighted by atomic mass is 15.0. The number of nitrogens with zero attached hydrogens (tertiary/aromatic N) is 1. The first-order valence-electron chi connectivity index (χ1n) is 11.3. The Bertz CT molecular complexity index is 1700. The zero-order chi connectivity index (χ0) is 21.4. The van der Waals surface area contributed by atoms with Crippen LogP contribution in [-0.2, 0) is 5.41 Å². The predicted octanol–water partition coefficient (Wildman–Crippen LogP) is 8.24. The van der Waals surface area contributed by atoms with Gasteiger partial charge in [0.15, 0.2) is 0 Å². The Hall–Kier alpha value is -3.84. The number of rotatable bonds is 1. The van der Waals surface area contributed by atoms with Crippen LogP contribution in [0.4, 0.5) is 0 Å². The highest BCUT2D eigenvalue weighted by molar-refractivity contribution is 6.12. The zero-order valence-corrected chi connectivity index (χ0v) is 18.3. The second-order valence-electron chi connectivity index (χ2n) is 9.44. The topological polar surface area (TPSA) is 4.93 Å². The average Bonchev–Trinajstić information content (AvgIpc) is 3.30. The normalized spacial score (nSPS) is 14.2. The van der Waals surface area contributed by atoms with E-state index in [1.165, 1.54) is 60.5 Å². The lowest BCUT2D eigenvalue weighted by atomic mass is 9.81. The van der Waals surface area contributed by atoms with E-state index in [9.17, 15) is 0 Å². The number of fused-ring (bicyclic) bond motifs is 8. The molecule has 0 fully saturated rings. The smallest absolute Gasteiger partial charge is 0.0616 e. The average molecular weight is 410 g/mol. The van der Waals surface area contributed by atoms with Crippen LogP contribution in [0.1, 0.15) is 25.0 Å². The van der Waals surface area contributed by atoms with Gasteiger partial charge in [-0.2, -0.15) is 0 Å². The Morgan fingerprint density at radius 1 is 0.594 bits per heavy atom. The van der Waals surface area contributed by atoms with E-state index in [1.807, 2.05) is 0 Å². The van der Waals surface area contributed by atoms with Gasteiger partial charge in [0.2, 0.25) is 0 Å². The summed E-state index contributed by atoms with van der Waals surface area (Å²) >= 11 is 0. The molecule has 0 radical (unpaired) electrons. The third kappa shape index (κ3) is 2.18. The Morgan fingerprint density at radius 3 is 2.16 bits per heavy atom. The van der Waals surface area contributed by atoms with Gasteiger partial charge in [-0.1, -0.05) is 105 Å². The van der Waals surface area contributed by atoms with Gasteiger partial charge in [-0.3, -0.25) is 0 Å². The molecule has 1 aliphatic rings. The Labute approximate surface area is 187 Å². The fraction of sp³-hybridized carbons (Fsp3) is 0.0968. The lowest BCUT2D eigenvalue weighted by Crippen LogP contribution is -2.14. The Morgan fingerprint density at radius 2 is 1.28 bits per heavy atom. The second kappa shape index (κ2) is 6.11. The first-order valence-corrected chi connectivity index (χ1v) is 11.3. The highest BCUT2D eigenvalue weighted by Crippen LogP contribution is 2.54. The molecule has 0 atom stereocenters. The van der Waals surface area contributed by atoms with Crippen LogP contribution in [0.5, 0.6) is 0 Å². The van der Waals surface area contributed by atoms with E-state index in [1.54, 1.807) is 0 Å². The SMILES string of the molecule is CC1(C)c2ccccc2-c2c1c1ccc3ccccc3c1n2-c1ccc2ccccc2c1. The van der Waals surface area contributed by atoms with Gasteiger partial charge in [0.1, 0.15) is 0 Å². The van der Waals surface area contributed by atoms with Crippen LogP contribution in [-0.4, -0.2) is 4.57 Å². The van der Waals surface area contributed by atoms with Gasteiger partial charge in [0, 0.05) is 27.4 Å². The maximum absolute atomic E-state index is 2.52. The van der Waals surface area contributed by atoms with Gasteiger partial charge in [0.25, 0.3) is 0 Å². The summed E-state index contributed by atoms with van der Waals surface area (Å²) in [6.07, 6.45) is 0. The minimum atomic E-state index is -0.0469. The van der Waals surface area contributed by atoms with E-state index in [2.05, 4.69) is 122 Å². The lowest BCUT2D eigenvalue weighted by Gasteiger charge is -2.21. The standard InChI is InChI=1S/C31H23N/c1-31(2)27-14-8-7-13-25(27)30-28(31)26-18-16-21-10-5-6-12-24(21)29(26)32(30)23-17-15-20-9-3-4-11-22(20)19-23/h3-19H,1-2H3. The molecule has 32 heavy (non-hydrogen) atoms. The molecule has 1 heterocycles. The summed E-state index contributed by atoms with van der Waals surface area (Å²) in [6.45, 7) is 4.74. The predicted molar refractivity (Wildman–Crippen MR) is 136 cm³/mol. The third-order valence-corrected chi connectivity index (χ3v) is 7.33. The minimum Gasteiger partial charge on any atom is -0.308 e. The van der Waals surface area contributed by atoms with Crippen molar-refractivity contribution in [1.29, 1.82) is 0 Å². The molecule has 1 aromatic heterocycles. The molecule has 0 spiro atoms. The highest BCUT2D eigenvalue weighted by Gasteiger charge is 2.40. The summed E-state index contributed by atoms with van der Waals surface area (Å²) in [5.74, 6) is 0. The van der Waals surface area contributed by atoms with E-state index in [0.29, 0.717) is 0 Å². The minimum absolute atomic E-state index is 0.0469. The van der Waals surface area contributed by atoms with Gasteiger partial charge < -0.3 is 4.57 Å². The monoisotopic (exact) mass is 409 g/mol. The molecule has 6 aromatic rings. The van der Waals surface area contributed by atoms with Crippen molar-refractivity contribution in [2.75, 3.05) is 0 Å². The summed E-state index contributed by atoms with van der Waals surface area (Å²) in [4.78, 5) is 0. The van der Waals surface area contributed by atoms with Gasteiger partial charge in [0.05, 0.1) is 11.2 Å². The molecule has 5 aromatic carbocycles. The van der Waals surface area contributed by atoms with Gasteiger partial charge in [-0.25, -0.2) is 0 Å². The second-order valence-corrected chi connectivity index (χ2v) is 9.44. The van der Waals surface area contributed by atoms with E-state index in [-0.39, 0.29) is 5.41 Å². The van der Waals surface area contributed by atoms with E-state index in [0.717, 1.165) is 0 Å². The molecule has 1 heteroatoms.